The first kappa shape index (κ1) is 22.4. The van der Waals surface area contributed by atoms with Crippen LogP contribution in [0, 0.1) is 0 Å². The van der Waals surface area contributed by atoms with E-state index in [1.165, 1.54) is 0 Å². The van der Waals surface area contributed by atoms with E-state index in [9.17, 15) is 14.7 Å². The predicted molar refractivity (Wildman–Crippen MR) is 129 cm³/mol. The summed E-state index contributed by atoms with van der Waals surface area (Å²) in [5.74, 6) is -0.122. The molecule has 0 saturated carbocycles. The molecule has 2 amide bonds. The highest BCUT2D eigenvalue weighted by Crippen LogP contribution is 2.41. The molecule has 1 aromatic heterocycles. The van der Waals surface area contributed by atoms with Gasteiger partial charge >= 0.3 is 6.09 Å². The second-order valence-electron chi connectivity index (χ2n) is 10.3. The molecule has 0 bridgehead atoms. The van der Waals surface area contributed by atoms with Crippen LogP contribution in [0.15, 0.2) is 42.7 Å². The SMILES string of the molecule is CC(C)(C)OC(=O)N1CCC(n2cc(C(C)(O)c3ccc4c5c(cccc35)C(=O)N4)cn2)CC1. The Labute approximate surface area is 198 Å². The highest BCUT2D eigenvalue weighted by molar-refractivity contribution is 6.24. The average molecular weight is 463 g/mol. The van der Waals surface area contributed by atoms with Gasteiger partial charge in [-0.3, -0.25) is 9.48 Å². The average Bonchev–Trinajstić information content (AvgIpc) is 3.40. The zero-order valence-electron chi connectivity index (χ0n) is 20.0. The summed E-state index contributed by atoms with van der Waals surface area (Å²) in [6.07, 6.45) is 4.83. The number of hydrogen-bond donors (Lipinski definition) is 2. The predicted octanol–water partition coefficient (Wildman–Crippen LogP) is 4.43. The lowest BCUT2D eigenvalue weighted by Crippen LogP contribution is -2.42. The number of rotatable bonds is 3. The molecule has 0 aliphatic carbocycles. The summed E-state index contributed by atoms with van der Waals surface area (Å²) in [5, 5.41) is 20.8. The zero-order chi connectivity index (χ0) is 24.3. The molecule has 5 rings (SSSR count). The van der Waals surface area contributed by atoms with Gasteiger partial charge in [0.1, 0.15) is 11.2 Å². The quantitative estimate of drug-likeness (QED) is 0.600. The summed E-state index contributed by atoms with van der Waals surface area (Å²) in [4.78, 5) is 26.4. The Morgan fingerprint density at radius 2 is 1.88 bits per heavy atom. The molecule has 3 aromatic rings. The van der Waals surface area contributed by atoms with Crippen LogP contribution in [0.4, 0.5) is 10.5 Å². The van der Waals surface area contributed by atoms with Crippen LogP contribution in [-0.4, -0.2) is 50.5 Å². The number of hydrogen-bond acceptors (Lipinski definition) is 5. The van der Waals surface area contributed by atoms with E-state index in [1.807, 2.05) is 55.9 Å². The third-order valence-corrected chi connectivity index (χ3v) is 6.71. The van der Waals surface area contributed by atoms with Crippen LogP contribution in [0.25, 0.3) is 10.8 Å². The lowest BCUT2D eigenvalue weighted by atomic mass is 9.86. The summed E-state index contributed by atoms with van der Waals surface area (Å²) in [7, 11) is 0. The first-order valence-electron chi connectivity index (χ1n) is 11.7. The van der Waals surface area contributed by atoms with Gasteiger partial charge in [-0.15, -0.1) is 0 Å². The van der Waals surface area contributed by atoms with E-state index in [0.29, 0.717) is 24.2 Å². The van der Waals surface area contributed by atoms with E-state index >= 15 is 0 Å². The lowest BCUT2D eigenvalue weighted by Gasteiger charge is -2.33. The number of aliphatic hydroxyl groups is 1. The molecule has 34 heavy (non-hydrogen) atoms. The first-order valence-corrected chi connectivity index (χ1v) is 11.7. The topological polar surface area (TPSA) is 96.7 Å². The summed E-state index contributed by atoms with van der Waals surface area (Å²) in [6, 6.07) is 9.42. The van der Waals surface area contributed by atoms with E-state index in [4.69, 9.17) is 4.74 Å². The summed E-state index contributed by atoms with van der Waals surface area (Å²) in [6.45, 7) is 8.55. The molecule has 1 fully saturated rings. The van der Waals surface area contributed by atoms with E-state index in [1.54, 1.807) is 24.1 Å². The smallest absolute Gasteiger partial charge is 0.410 e. The number of piperidine rings is 1. The Hall–Kier alpha value is -3.39. The van der Waals surface area contributed by atoms with Crippen LogP contribution in [0.2, 0.25) is 0 Å². The van der Waals surface area contributed by atoms with Crippen LogP contribution < -0.4 is 5.32 Å². The Morgan fingerprint density at radius 3 is 2.59 bits per heavy atom. The van der Waals surface area contributed by atoms with Crippen LogP contribution in [0.5, 0.6) is 0 Å². The minimum Gasteiger partial charge on any atom is -0.444 e. The molecule has 2 N–H and O–H groups in total. The number of anilines is 1. The van der Waals surface area contributed by atoms with Crippen molar-refractivity contribution in [3.05, 3.63) is 59.4 Å². The number of carbonyl (C=O) groups is 2. The molecule has 8 heteroatoms. The molecular formula is C26H30N4O4. The fraction of sp³-hybridized carbons (Fsp3) is 0.423. The van der Waals surface area contributed by atoms with Gasteiger partial charge in [-0.1, -0.05) is 18.2 Å². The number of amides is 2. The van der Waals surface area contributed by atoms with Gasteiger partial charge in [-0.25, -0.2) is 4.79 Å². The largest absolute Gasteiger partial charge is 0.444 e. The molecule has 3 heterocycles. The Kier molecular flexibility index (Phi) is 5.16. The highest BCUT2D eigenvalue weighted by atomic mass is 16.6. The van der Waals surface area contributed by atoms with Crippen LogP contribution in [0.3, 0.4) is 0 Å². The number of ether oxygens (including phenoxy) is 1. The molecule has 8 nitrogen and oxygen atoms in total. The van der Waals surface area contributed by atoms with Crippen molar-refractivity contribution in [1.29, 1.82) is 0 Å². The number of likely N-dealkylation sites (tertiary alicyclic amines) is 1. The van der Waals surface area contributed by atoms with Crippen LogP contribution in [0.1, 0.15) is 68.1 Å². The van der Waals surface area contributed by atoms with Gasteiger partial charge in [0.05, 0.1) is 12.2 Å². The fourth-order valence-electron chi connectivity index (χ4n) is 4.90. The third-order valence-electron chi connectivity index (χ3n) is 6.71. The maximum Gasteiger partial charge on any atom is 0.410 e. The van der Waals surface area contributed by atoms with Gasteiger partial charge in [-0.2, -0.15) is 5.10 Å². The monoisotopic (exact) mass is 462 g/mol. The highest BCUT2D eigenvalue weighted by Gasteiger charge is 2.33. The maximum absolute atomic E-state index is 12.4. The van der Waals surface area contributed by atoms with Crippen LogP contribution in [-0.2, 0) is 10.3 Å². The van der Waals surface area contributed by atoms with Crippen molar-refractivity contribution >= 4 is 28.5 Å². The van der Waals surface area contributed by atoms with Gasteiger partial charge in [0.15, 0.2) is 0 Å². The second-order valence-corrected chi connectivity index (χ2v) is 10.3. The Morgan fingerprint density at radius 1 is 1.15 bits per heavy atom. The van der Waals surface area contributed by atoms with Crippen molar-refractivity contribution in [1.82, 2.24) is 14.7 Å². The van der Waals surface area contributed by atoms with E-state index in [0.717, 1.165) is 34.9 Å². The molecule has 1 unspecified atom stereocenters. The number of carbonyl (C=O) groups excluding carboxylic acids is 2. The third kappa shape index (κ3) is 3.81. The van der Waals surface area contributed by atoms with E-state index in [2.05, 4.69) is 10.4 Å². The summed E-state index contributed by atoms with van der Waals surface area (Å²) >= 11 is 0. The van der Waals surface area contributed by atoms with Gasteiger partial charge < -0.3 is 20.1 Å². The molecule has 2 aliphatic rings. The van der Waals surface area contributed by atoms with Crippen LogP contribution >= 0.6 is 0 Å². The molecule has 2 aromatic carbocycles. The zero-order valence-corrected chi connectivity index (χ0v) is 20.0. The fourth-order valence-corrected chi connectivity index (χ4v) is 4.90. The molecule has 2 aliphatic heterocycles. The number of nitrogens with one attached hydrogen (secondary N) is 1. The van der Waals surface area contributed by atoms with Crippen molar-refractivity contribution in [3.8, 4) is 0 Å². The van der Waals surface area contributed by atoms with Crippen molar-refractivity contribution in [2.24, 2.45) is 0 Å². The molecule has 178 valence electrons. The van der Waals surface area contributed by atoms with Crippen molar-refractivity contribution in [2.75, 3.05) is 18.4 Å². The van der Waals surface area contributed by atoms with E-state index < -0.39 is 11.2 Å². The summed E-state index contributed by atoms with van der Waals surface area (Å²) < 4.78 is 7.38. The van der Waals surface area contributed by atoms with Gasteiger partial charge in [0.2, 0.25) is 0 Å². The van der Waals surface area contributed by atoms with Gasteiger partial charge in [0.25, 0.3) is 5.91 Å². The number of nitrogens with zero attached hydrogens (tertiary/aromatic N) is 3. The Balaban J connectivity index is 1.36. The summed E-state index contributed by atoms with van der Waals surface area (Å²) in [5.41, 5.74) is 0.991. The van der Waals surface area contributed by atoms with Crippen molar-refractivity contribution < 1.29 is 19.4 Å². The van der Waals surface area contributed by atoms with E-state index in [-0.39, 0.29) is 18.0 Å². The van der Waals surface area contributed by atoms with Gasteiger partial charge in [-0.05, 0) is 63.6 Å². The molecular weight excluding hydrogens is 432 g/mol. The molecule has 0 radical (unpaired) electrons. The molecule has 0 spiro atoms. The molecule has 1 saturated heterocycles. The lowest BCUT2D eigenvalue weighted by molar-refractivity contribution is 0.0184. The number of benzene rings is 2. The van der Waals surface area contributed by atoms with Crippen molar-refractivity contribution in [2.45, 2.75) is 57.8 Å². The maximum atomic E-state index is 12.4. The molecule has 1 atom stereocenters. The van der Waals surface area contributed by atoms with Crippen molar-refractivity contribution in [3.63, 3.8) is 0 Å². The Bertz CT molecular complexity index is 1280. The second kappa shape index (κ2) is 7.84. The normalized spacial score (nSPS) is 18.1. The number of aromatic nitrogens is 2. The standard InChI is InChI=1S/C26H30N4O4/c1-25(2,3)34-24(32)29-12-10-17(11-13-29)30-15-16(14-27-30)26(4,33)20-8-9-21-22-18(20)6-5-7-19(22)23(31)28-21/h5-9,14-15,17,33H,10-13H2,1-4H3,(H,28,31). The minimum atomic E-state index is -1.29. The minimum absolute atomic E-state index is 0.122. The van der Waals surface area contributed by atoms with Gasteiger partial charge in [0, 0.05) is 41.5 Å². The first-order chi connectivity index (χ1) is 16.0.